The summed E-state index contributed by atoms with van der Waals surface area (Å²) in [5.41, 5.74) is 0. The molecule has 0 aromatic rings. The molecule has 2 fully saturated rings. The Morgan fingerprint density at radius 1 is 0.625 bits per heavy atom. The second kappa shape index (κ2) is 7.29. The van der Waals surface area contributed by atoms with Crippen LogP contribution in [0.5, 0.6) is 0 Å². The van der Waals surface area contributed by atoms with Gasteiger partial charge in [-0.1, -0.05) is 25.7 Å². The van der Waals surface area contributed by atoms with Crippen LogP contribution in [0, 0.1) is 11.8 Å². The summed E-state index contributed by atoms with van der Waals surface area (Å²) in [4.78, 5) is 0. The standard InChI is InChI=1S/C14H28N2/c1-2-6-13(5-1)11-15-9-10-16-12-14-7-3-4-8-14/h13-16H,1-12H2. The van der Waals surface area contributed by atoms with Gasteiger partial charge in [0, 0.05) is 13.1 Å². The lowest BCUT2D eigenvalue weighted by Crippen LogP contribution is -2.32. The predicted octanol–water partition coefficient (Wildman–Crippen LogP) is 2.55. The zero-order valence-corrected chi connectivity index (χ0v) is 10.6. The third-order valence-electron chi connectivity index (χ3n) is 4.29. The van der Waals surface area contributed by atoms with Crippen LogP contribution < -0.4 is 10.6 Å². The Morgan fingerprint density at radius 2 is 1.00 bits per heavy atom. The number of rotatable bonds is 7. The van der Waals surface area contributed by atoms with Crippen molar-refractivity contribution in [3.63, 3.8) is 0 Å². The van der Waals surface area contributed by atoms with Gasteiger partial charge in [0.1, 0.15) is 0 Å². The van der Waals surface area contributed by atoms with Gasteiger partial charge in [0.05, 0.1) is 0 Å². The molecule has 2 aliphatic carbocycles. The van der Waals surface area contributed by atoms with Crippen molar-refractivity contribution < 1.29 is 0 Å². The topological polar surface area (TPSA) is 24.1 Å². The van der Waals surface area contributed by atoms with Crippen LogP contribution in [0.3, 0.4) is 0 Å². The van der Waals surface area contributed by atoms with Gasteiger partial charge in [-0.2, -0.15) is 0 Å². The van der Waals surface area contributed by atoms with Crippen molar-refractivity contribution in [2.24, 2.45) is 11.8 Å². The maximum absolute atomic E-state index is 3.59. The average Bonchev–Trinajstić information content (AvgIpc) is 2.96. The first-order valence-electron chi connectivity index (χ1n) is 7.36. The minimum Gasteiger partial charge on any atom is -0.315 e. The molecule has 16 heavy (non-hydrogen) atoms. The fraction of sp³-hybridized carbons (Fsp3) is 1.00. The SMILES string of the molecule is C1CCC(CNCCNCC2CCCC2)C1. The van der Waals surface area contributed by atoms with Crippen molar-refractivity contribution in [2.75, 3.05) is 26.2 Å². The van der Waals surface area contributed by atoms with E-state index in [-0.39, 0.29) is 0 Å². The van der Waals surface area contributed by atoms with Gasteiger partial charge in [0.25, 0.3) is 0 Å². The molecule has 0 radical (unpaired) electrons. The van der Waals surface area contributed by atoms with E-state index >= 15 is 0 Å². The molecule has 0 saturated heterocycles. The highest BCUT2D eigenvalue weighted by molar-refractivity contribution is 4.71. The van der Waals surface area contributed by atoms with Gasteiger partial charge < -0.3 is 10.6 Å². The Balaban J connectivity index is 1.37. The fourth-order valence-electron chi connectivity index (χ4n) is 3.22. The molecule has 0 aliphatic heterocycles. The molecular formula is C14H28N2. The predicted molar refractivity (Wildman–Crippen MR) is 69.7 cm³/mol. The van der Waals surface area contributed by atoms with Crippen molar-refractivity contribution in [3.8, 4) is 0 Å². The molecule has 2 heteroatoms. The van der Waals surface area contributed by atoms with Gasteiger partial charge in [0.15, 0.2) is 0 Å². The van der Waals surface area contributed by atoms with Gasteiger partial charge in [0.2, 0.25) is 0 Å². The number of nitrogens with one attached hydrogen (secondary N) is 2. The molecule has 2 saturated carbocycles. The van der Waals surface area contributed by atoms with E-state index < -0.39 is 0 Å². The molecule has 0 aromatic heterocycles. The average molecular weight is 224 g/mol. The Hall–Kier alpha value is -0.0800. The smallest absolute Gasteiger partial charge is 0.00768 e. The van der Waals surface area contributed by atoms with Gasteiger partial charge in [-0.25, -0.2) is 0 Å². The Labute approximate surface area is 101 Å². The molecule has 0 aromatic carbocycles. The first-order chi connectivity index (χ1) is 7.95. The summed E-state index contributed by atoms with van der Waals surface area (Å²) in [5.74, 6) is 1.96. The van der Waals surface area contributed by atoms with E-state index in [2.05, 4.69) is 10.6 Å². The molecule has 2 nitrogen and oxygen atoms in total. The zero-order valence-electron chi connectivity index (χ0n) is 10.6. The lowest BCUT2D eigenvalue weighted by atomic mass is 10.1. The minimum absolute atomic E-state index is 0.981. The molecule has 2 N–H and O–H groups in total. The summed E-state index contributed by atoms with van der Waals surface area (Å²) < 4.78 is 0. The largest absolute Gasteiger partial charge is 0.315 e. The van der Waals surface area contributed by atoms with Gasteiger partial charge in [-0.15, -0.1) is 0 Å². The van der Waals surface area contributed by atoms with Crippen molar-refractivity contribution in [3.05, 3.63) is 0 Å². The van der Waals surface area contributed by atoms with E-state index in [1.54, 1.807) is 0 Å². The second-order valence-electron chi connectivity index (χ2n) is 5.71. The quantitative estimate of drug-likeness (QED) is 0.649. The van der Waals surface area contributed by atoms with E-state index in [4.69, 9.17) is 0 Å². The van der Waals surface area contributed by atoms with Crippen LogP contribution in [0.15, 0.2) is 0 Å². The zero-order chi connectivity index (χ0) is 11.1. The molecule has 0 spiro atoms. The summed E-state index contributed by atoms with van der Waals surface area (Å²) in [7, 11) is 0. The molecule has 0 amide bonds. The van der Waals surface area contributed by atoms with Crippen LogP contribution in [0.1, 0.15) is 51.4 Å². The van der Waals surface area contributed by atoms with Crippen LogP contribution in [0.25, 0.3) is 0 Å². The highest BCUT2D eigenvalue weighted by Gasteiger charge is 2.15. The van der Waals surface area contributed by atoms with Crippen molar-refractivity contribution in [1.82, 2.24) is 10.6 Å². The number of hydrogen-bond donors (Lipinski definition) is 2. The lowest BCUT2D eigenvalue weighted by molar-refractivity contribution is 0.459. The summed E-state index contributed by atoms with van der Waals surface area (Å²) in [6.07, 6.45) is 11.7. The van der Waals surface area contributed by atoms with E-state index in [0.717, 1.165) is 24.9 Å². The van der Waals surface area contributed by atoms with Crippen molar-refractivity contribution in [2.45, 2.75) is 51.4 Å². The van der Waals surface area contributed by atoms with Crippen LogP contribution in [0.2, 0.25) is 0 Å². The molecule has 94 valence electrons. The Bertz CT molecular complexity index is 150. The third-order valence-corrected chi connectivity index (χ3v) is 4.29. The minimum atomic E-state index is 0.981. The summed E-state index contributed by atoms with van der Waals surface area (Å²) in [6, 6.07) is 0. The Morgan fingerprint density at radius 3 is 1.38 bits per heavy atom. The monoisotopic (exact) mass is 224 g/mol. The third kappa shape index (κ3) is 4.42. The van der Waals surface area contributed by atoms with Gasteiger partial charge in [-0.3, -0.25) is 0 Å². The summed E-state index contributed by atoms with van der Waals surface area (Å²) in [5, 5.41) is 7.18. The number of hydrogen-bond acceptors (Lipinski definition) is 2. The van der Waals surface area contributed by atoms with Crippen LogP contribution in [-0.4, -0.2) is 26.2 Å². The summed E-state index contributed by atoms with van der Waals surface area (Å²) in [6.45, 7) is 4.82. The molecule has 0 atom stereocenters. The highest BCUT2D eigenvalue weighted by atomic mass is 14.9. The first kappa shape index (κ1) is 12.4. The maximum atomic E-state index is 3.59. The second-order valence-corrected chi connectivity index (χ2v) is 5.71. The highest BCUT2D eigenvalue weighted by Crippen LogP contribution is 2.24. The Kier molecular flexibility index (Phi) is 5.64. The van der Waals surface area contributed by atoms with E-state index in [1.807, 2.05) is 0 Å². The summed E-state index contributed by atoms with van der Waals surface area (Å²) >= 11 is 0. The normalized spacial score (nSPS) is 23.2. The van der Waals surface area contributed by atoms with Gasteiger partial charge >= 0.3 is 0 Å². The molecule has 2 aliphatic rings. The van der Waals surface area contributed by atoms with E-state index in [9.17, 15) is 0 Å². The maximum Gasteiger partial charge on any atom is 0.00768 e. The fourth-order valence-corrected chi connectivity index (χ4v) is 3.22. The molecule has 0 heterocycles. The van der Waals surface area contributed by atoms with E-state index in [0.29, 0.717) is 0 Å². The van der Waals surface area contributed by atoms with Crippen molar-refractivity contribution in [1.29, 1.82) is 0 Å². The molecule has 0 bridgehead atoms. The van der Waals surface area contributed by atoms with Crippen LogP contribution >= 0.6 is 0 Å². The van der Waals surface area contributed by atoms with E-state index in [1.165, 1.54) is 64.5 Å². The van der Waals surface area contributed by atoms with Crippen LogP contribution in [0.4, 0.5) is 0 Å². The molecule has 0 unspecified atom stereocenters. The first-order valence-corrected chi connectivity index (χ1v) is 7.36. The molecular weight excluding hydrogens is 196 g/mol. The van der Waals surface area contributed by atoms with Crippen LogP contribution in [-0.2, 0) is 0 Å². The van der Waals surface area contributed by atoms with Gasteiger partial charge in [-0.05, 0) is 50.6 Å². The lowest BCUT2D eigenvalue weighted by Gasteiger charge is -2.12. The van der Waals surface area contributed by atoms with Crippen molar-refractivity contribution >= 4 is 0 Å². The molecule has 2 rings (SSSR count).